The molecule has 0 rings (SSSR count). The molecule has 11 nitrogen and oxygen atoms in total. The van der Waals surface area contributed by atoms with Crippen molar-refractivity contribution in [2.45, 2.75) is 251 Å². The van der Waals surface area contributed by atoms with Gasteiger partial charge in [0.05, 0.1) is 13.2 Å². The van der Waals surface area contributed by atoms with E-state index in [0.29, 0.717) is 12.8 Å². The number of hydrogen-bond donors (Lipinski definition) is 4. The summed E-state index contributed by atoms with van der Waals surface area (Å²) in [6, 6.07) is -1.54. The second-order valence-corrected chi connectivity index (χ2v) is 18.1. The van der Waals surface area contributed by atoms with Gasteiger partial charge >= 0.3 is 19.8 Å². The number of carbonyl (C=O) groups is 3. The van der Waals surface area contributed by atoms with Crippen molar-refractivity contribution in [1.29, 1.82) is 0 Å². The Balaban J connectivity index is 3.81. The second-order valence-electron chi connectivity index (χ2n) is 16.7. The standard InChI is InChI=1S/C47H90NO10P/c1-3-5-7-9-11-13-15-17-18-19-20-21-22-23-24-25-26-27-28-30-32-34-36-38-45(50)48-44(47(52)53)42-58-59(54,55)57-41-43(49)40-56-46(51)39-37-35-33-31-29-16-14-12-10-8-6-4-2/h17-18,43-44,49H,3-16,19-42H2,1-2H3,(H,48,50)(H,52,53)(H,54,55)/b18-17+. The number of carbonyl (C=O) groups excluding carboxylic acids is 2. The van der Waals surface area contributed by atoms with Gasteiger partial charge in [0.1, 0.15) is 12.7 Å². The van der Waals surface area contributed by atoms with Crippen LogP contribution in [0.5, 0.6) is 0 Å². The number of amides is 1. The Labute approximate surface area is 360 Å². The van der Waals surface area contributed by atoms with Gasteiger partial charge in [-0.05, 0) is 38.5 Å². The number of unbranched alkanes of at least 4 members (excludes halogenated alkanes) is 30. The molecule has 59 heavy (non-hydrogen) atoms. The average Bonchev–Trinajstić information content (AvgIpc) is 3.21. The number of carboxylic acid groups (broad SMARTS) is 1. The van der Waals surface area contributed by atoms with Crippen LogP contribution in [0.15, 0.2) is 12.2 Å². The fraction of sp³-hybridized carbons (Fsp3) is 0.894. The Hall–Kier alpha value is -1.78. The number of allylic oxidation sites excluding steroid dienone is 2. The zero-order valence-corrected chi connectivity index (χ0v) is 38.7. The van der Waals surface area contributed by atoms with E-state index in [0.717, 1.165) is 38.5 Å². The number of phosphoric ester groups is 1. The van der Waals surface area contributed by atoms with Crippen LogP contribution in [-0.4, -0.2) is 64.9 Å². The molecule has 12 heteroatoms. The van der Waals surface area contributed by atoms with Crippen LogP contribution in [0, 0.1) is 0 Å². The van der Waals surface area contributed by atoms with Crippen molar-refractivity contribution < 1.29 is 47.8 Å². The van der Waals surface area contributed by atoms with Crippen LogP contribution >= 0.6 is 7.82 Å². The highest BCUT2D eigenvalue weighted by molar-refractivity contribution is 7.47. The fourth-order valence-electron chi connectivity index (χ4n) is 7.02. The molecule has 0 saturated carbocycles. The summed E-state index contributed by atoms with van der Waals surface area (Å²) in [4.78, 5) is 46.0. The van der Waals surface area contributed by atoms with Crippen molar-refractivity contribution in [3.05, 3.63) is 12.2 Å². The van der Waals surface area contributed by atoms with Gasteiger partial charge in [-0.25, -0.2) is 9.36 Å². The molecule has 0 aromatic carbocycles. The Kier molecular flexibility index (Phi) is 41.6. The lowest BCUT2D eigenvalue weighted by Crippen LogP contribution is -2.43. The van der Waals surface area contributed by atoms with Crippen LogP contribution in [-0.2, 0) is 32.7 Å². The van der Waals surface area contributed by atoms with Gasteiger partial charge in [0, 0.05) is 12.8 Å². The summed E-state index contributed by atoms with van der Waals surface area (Å²) in [5.74, 6) is -2.36. The summed E-state index contributed by atoms with van der Waals surface area (Å²) in [6.07, 6.45) is 43.8. The lowest BCUT2D eigenvalue weighted by atomic mass is 10.0. The third-order valence-electron chi connectivity index (χ3n) is 10.8. The summed E-state index contributed by atoms with van der Waals surface area (Å²) in [7, 11) is -4.75. The molecule has 0 aromatic rings. The fourth-order valence-corrected chi connectivity index (χ4v) is 7.79. The lowest BCUT2D eigenvalue weighted by molar-refractivity contribution is -0.147. The molecular weight excluding hydrogens is 769 g/mol. The van der Waals surface area contributed by atoms with E-state index in [-0.39, 0.29) is 12.8 Å². The largest absolute Gasteiger partial charge is 0.480 e. The number of aliphatic hydroxyl groups excluding tert-OH is 1. The molecule has 0 fully saturated rings. The summed E-state index contributed by atoms with van der Waals surface area (Å²) in [5.41, 5.74) is 0. The molecule has 0 spiro atoms. The molecule has 0 aliphatic carbocycles. The topological polar surface area (TPSA) is 169 Å². The highest BCUT2D eigenvalue weighted by atomic mass is 31.2. The first-order chi connectivity index (χ1) is 28.6. The number of aliphatic hydroxyl groups is 1. The first kappa shape index (κ1) is 57.2. The number of esters is 1. The number of aliphatic carboxylic acids is 1. The van der Waals surface area contributed by atoms with Crippen molar-refractivity contribution in [2.24, 2.45) is 0 Å². The highest BCUT2D eigenvalue weighted by Crippen LogP contribution is 2.43. The minimum Gasteiger partial charge on any atom is -0.480 e. The predicted molar refractivity (Wildman–Crippen MR) is 240 cm³/mol. The van der Waals surface area contributed by atoms with Gasteiger partial charge in [0.25, 0.3) is 0 Å². The van der Waals surface area contributed by atoms with Crippen LogP contribution in [0.4, 0.5) is 0 Å². The summed E-state index contributed by atoms with van der Waals surface area (Å²) in [5, 5.41) is 21.9. The molecule has 0 radical (unpaired) electrons. The first-order valence-electron chi connectivity index (χ1n) is 24.2. The van der Waals surface area contributed by atoms with E-state index in [1.807, 2.05) is 0 Å². The minimum atomic E-state index is -4.75. The SMILES string of the molecule is CCCCCCCC/C=C/CCCCCCCCCCCCCCCC(=O)NC(COP(=O)(O)OCC(O)COC(=O)CCCCCCCCCCCCCC)C(=O)O. The van der Waals surface area contributed by atoms with Gasteiger partial charge in [-0.1, -0.05) is 199 Å². The van der Waals surface area contributed by atoms with Crippen molar-refractivity contribution in [3.63, 3.8) is 0 Å². The Bertz CT molecular complexity index is 1060. The number of rotatable bonds is 46. The molecule has 0 heterocycles. The van der Waals surface area contributed by atoms with Gasteiger partial charge in [-0.2, -0.15) is 0 Å². The van der Waals surface area contributed by atoms with Crippen LogP contribution < -0.4 is 5.32 Å². The lowest BCUT2D eigenvalue weighted by Gasteiger charge is -2.18. The van der Waals surface area contributed by atoms with Gasteiger partial charge in [-0.15, -0.1) is 0 Å². The Morgan fingerprint density at radius 2 is 0.881 bits per heavy atom. The average molecular weight is 860 g/mol. The van der Waals surface area contributed by atoms with Gasteiger partial charge in [0.15, 0.2) is 6.04 Å². The maximum absolute atomic E-state index is 12.4. The molecule has 4 N–H and O–H groups in total. The number of carboxylic acids is 1. The number of phosphoric acid groups is 1. The van der Waals surface area contributed by atoms with Crippen LogP contribution in [0.25, 0.3) is 0 Å². The second kappa shape index (κ2) is 42.9. The molecule has 0 aliphatic heterocycles. The summed E-state index contributed by atoms with van der Waals surface area (Å²) in [6.45, 7) is 2.61. The molecule has 3 unspecified atom stereocenters. The molecule has 348 valence electrons. The molecule has 0 saturated heterocycles. The number of nitrogens with one attached hydrogen (secondary N) is 1. The normalized spacial score (nSPS) is 13.7. The number of hydrogen-bond acceptors (Lipinski definition) is 8. The molecule has 0 aliphatic rings. The van der Waals surface area contributed by atoms with E-state index in [9.17, 15) is 34.1 Å². The number of ether oxygens (including phenoxy) is 1. The van der Waals surface area contributed by atoms with Gasteiger partial charge in [-0.3, -0.25) is 18.6 Å². The maximum Gasteiger partial charge on any atom is 0.472 e. The van der Waals surface area contributed by atoms with Crippen LogP contribution in [0.1, 0.15) is 239 Å². The van der Waals surface area contributed by atoms with E-state index < -0.39 is 57.6 Å². The van der Waals surface area contributed by atoms with Gasteiger partial charge < -0.3 is 25.2 Å². The van der Waals surface area contributed by atoms with E-state index >= 15 is 0 Å². The predicted octanol–water partition coefficient (Wildman–Crippen LogP) is 12.8. The summed E-state index contributed by atoms with van der Waals surface area (Å²) < 4.78 is 26.9. The Morgan fingerprint density at radius 1 is 0.525 bits per heavy atom. The minimum absolute atomic E-state index is 0.150. The molecule has 0 aromatic heterocycles. The van der Waals surface area contributed by atoms with E-state index in [2.05, 4.69) is 31.3 Å². The van der Waals surface area contributed by atoms with Crippen molar-refractivity contribution >= 4 is 25.7 Å². The Morgan fingerprint density at radius 3 is 1.29 bits per heavy atom. The van der Waals surface area contributed by atoms with E-state index in [1.165, 1.54) is 161 Å². The third kappa shape index (κ3) is 42.7. The monoisotopic (exact) mass is 860 g/mol. The van der Waals surface area contributed by atoms with E-state index in [4.69, 9.17) is 13.8 Å². The van der Waals surface area contributed by atoms with Crippen molar-refractivity contribution in [2.75, 3.05) is 19.8 Å². The zero-order valence-electron chi connectivity index (χ0n) is 37.8. The molecular formula is C47H90NO10P. The highest BCUT2D eigenvalue weighted by Gasteiger charge is 2.28. The smallest absolute Gasteiger partial charge is 0.472 e. The molecule has 0 bridgehead atoms. The molecule has 1 amide bonds. The first-order valence-corrected chi connectivity index (χ1v) is 25.7. The van der Waals surface area contributed by atoms with Crippen LogP contribution in [0.3, 0.4) is 0 Å². The van der Waals surface area contributed by atoms with Crippen molar-refractivity contribution in [1.82, 2.24) is 5.32 Å². The van der Waals surface area contributed by atoms with Crippen LogP contribution in [0.2, 0.25) is 0 Å². The van der Waals surface area contributed by atoms with Crippen molar-refractivity contribution in [3.8, 4) is 0 Å². The molecule has 3 atom stereocenters. The van der Waals surface area contributed by atoms with Gasteiger partial charge in [0.2, 0.25) is 5.91 Å². The zero-order chi connectivity index (χ0) is 43.5. The third-order valence-corrected chi connectivity index (χ3v) is 11.8. The quantitative estimate of drug-likeness (QED) is 0.0200. The summed E-state index contributed by atoms with van der Waals surface area (Å²) >= 11 is 0. The van der Waals surface area contributed by atoms with E-state index in [1.54, 1.807) is 0 Å². The maximum atomic E-state index is 12.4.